The van der Waals surface area contributed by atoms with Gasteiger partial charge < -0.3 is 0 Å². The van der Waals surface area contributed by atoms with E-state index in [0.717, 1.165) is 12.1 Å². The van der Waals surface area contributed by atoms with Gasteiger partial charge in [0.1, 0.15) is 10.3 Å². The van der Waals surface area contributed by atoms with Crippen molar-refractivity contribution in [3.8, 4) is 0 Å². The Balaban J connectivity index is 1.98. The number of pyridine rings is 1. The van der Waals surface area contributed by atoms with E-state index in [-0.39, 0.29) is 0 Å². The zero-order chi connectivity index (χ0) is 13.0. The average molecular weight is 287 g/mol. The maximum atomic E-state index is 5.93. The Kier molecular flexibility index (Phi) is 5.28. The van der Waals surface area contributed by atoms with E-state index in [1.54, 1.807) is 0 Å². The molecule has 1 aromatic heterocycles. The predicted octanol–water partition coefficient (Wildman–Crippen LogP) is 4.54. The Labute approximate surface area is 119 Å². The summed E-state index contributed by atoms with van der Waals surface area (Å²) in [5, 5.41) is 0.957. The zero-order valence-corrected chi connectivity index (χ0v) is 12.3. The van der Waals surface area contributed by atoms with Crippen LogP contribution in [0.1, 0.15) is 44.1 Å². The highest BCUT2D eigenvalue weighted by molar-refractivity contribution is 6.32. The van der Waals surface area contributed by atoms with Gasteiger partial charge in [-0.05, 0) is 37.6 Å². The Bertz CT molecular complexity index is 367. The molecular formula is C14H20Cl2N2. The lowest BCUT2D eigenvalue weighted by molar-refractivity contribution is 0.213. The van der Waals surface area contributed by atoms with Crippen LogP contribution in [0.2, 0.25) is 10.3 Å². The van der Waals surface area contributed by atoms with E-state index in [1.807, 2.05) is 12.1 Å². The largest absolute Gasteiger partial charge is 0.299 e. The zero-order valence-electron chi connectivity index (χ0n) is 10.8. The molecule has 2 rings (SSSR count). The molecule has 0 unspecified atom stereocenters. The van der Waals surface area contributed by atoms with Crippen molar-refractivity contribution in [2.75, 3.05) is 7.05 Å². The Morgan fingerprint density at radius 3 is 2.22 bits per heavy atom. The van der Waals surface area contributed by atoms with Crippen molar-refractivity contribution in [3.63, 3.8) is 0 Å². The van der Waals surface area contributed by atoms with E-state index in [1.165, 1.54) is 38.5 Å². The second kappa shape index (κ2) is 6.74. The molecule has 1 saturated carbocycles. The maximum Gasteiger partial charge on any atom is 0.131 e. The molecule has 2 nitrogen and oxygen atoms in total. The predicted molar refractivity (Wildman–Crippen MR) is 77.2 cm³/mol. The third kappa shape index (κ3) is 4.11. The molecule has 0 aromatic carbocycles. The van der Waals surface area contributed by atoms with E-state index < -0.39 is 0 Å². The molecule has 1 heterocycles. The molecule has 1 aliphatic rings. The van der Waals surface area contributed by atoms with Gasteiger partial charge in [-0.3, -0.25) is 4.90 Å². The summed E-state index contributed by atoms with van der Waals surface area (Å²) in [6.45, 7) is 0.895. The van der Waals surface area contributed by atoms with Crippen LogP contribution in [0.3, 0.4) is 0 Å². The van der Waals surface area contributed by atoms with Crippen LogP contribution in [-0.2, 0) is 6.54 Å². The summed E-state index contributed by atoms with van der Waals surface area (Å²) >= 11 is 11.9. The van der Waals surface area contributed by atoms with Crippen LogP contribution in [-0.4, -0.2) is 23.0 Å². The van der Waals surface area contributed by atoms with E-state index >= 15 is 0 Å². The molecule has 4 heteroatoms. The normalized spacial score (nSPS) is 18.0. The lowest BCUT2D eigenvalue weighted by Crippen LogP contribution is -2.30. The lowest BCUT2D eigenvalue weighted by Gasteiger charge is -2.27. The lowest BCUT2D eigenvalue weighted by atomic mass is 10.1. The minimum atomic E-state index is 0.478. The van der Waals surface area contributed by atoms with Crippen molar-refractivity contribution < 1.29 is 0 Å². The minimum absolute atomic E-state index is 0.478. The topological polar surface area (TPSA) is 16.1 Å². The first-order valence-corrected chi connectivity index (χ1v) is 7.43. The molecule has 0 N–H and O–H groups in total. The third-order valence-corrected chi connectivity index (χ3v) is 4.09. The first kappa shape index (κ1) is 14.1. The summed E-state index contributed by atoms with van der Waals surface area (Å²) in [4.78, 5) is 6.41. The molecule has 0 aliphatic heterocycles. The first-order chi connectivity index (χ1) is 8.65. The molecule has 1 aromatic rings. The van der Waals surface area contributed by atoms with Crippen molar-refractivity contribution in [1.29, 1.82) is 0 Å². The number of hydrogen-bond donors (Lipinski definition) is 0. The second-order valence-electron chi connectivity index (χ2n) is 5.18. The fraction of sp³-hybridized carbons (Fsp3) is 0.643. The Hall–Kier alpha value is -0.310. The maximum absolute atomic E-state index is 5.93. The van der Waals surface area contributed by atoms with Crippen LogP contribution in [0.25, 0.3) is 0 Å². The van der Waals surface area contributed by atoms with Crippen molar-refractivity contribution in [1.82, 2.24) is 9.88 Å². The molecule has 0 bridgehead atoms. The highest BCUT2D eigenvalue weighted by atomic mass is 35.5. The Morgan fingerprint density at radius 2 is 1.67 bits per heavy atom. The van der Waals surface area contributed by atoms with Crippen molar-refractivity contribution >= 4 is 23.2 Å². The van der Waals surface area contributed by atoms with E-state index in [0.29, 0.717) is 16.3 Å². The van der Waals surface area contributed by atoms with Crippen LogP contribution < -0.4 is 0 Å². The molecule has 0 atom stereocenters. The van der Waals surface area contributed by atoms with E-state index in [9.17, 15) is 0 Å². The van der Waals surface area contributed by atoms with Gasteiger partial charge in [-0.15, -0.1) is 0 Å². The molecule has 0 saturated heterocycles. The summed E-state index contributed by atoms with van der Waals surface area (Å²) in [6, 6.07) is 4.50. The second-order valence-corrected chi connectivity index (χ2v) is 5.96. The van der Waals surface area contributed by atoms with Gasteiger partial charge in [-0.1, -0.05) is 48.9 Å². The van der Waals surface area contributed by atoms with Crippen LogP contribution in [0.15, 0.2) is 12.1 Å². The third-order valence-electron chi connectivity index (χ3n) is 3.70. The smallest absolute Gasteiger partial charge is 0.131 e. The standard InChI is InChI=1S/C14H20Cl2N2/c1-18(12-6-4-2-3-5-7-12)10-11-8-13(15)17-14(16)9-11/h8-9,12H,2-7,10H2,1H3. The fourth-order valence-electron chi connectivity index (χ4n) is 2.72. The number of nitrogens with zero attached hydrogens (tertiary/aromatic N) is 2. The number of aromatic nitrogens is 1. The molecule has 100 valence electrons. The summed E-state index contributed by atoms with van der Waals surface area (Å²) in [7, 11) is 2.19. The molecule has 1 fully saturated rings. The molecular weight excluding hydrogens is 267 g/mol. The van der Waals surface area contributed by atoms with Crippen molar-refractivity contribution in [2.24, 2.45) is 0 Å². The summed E-state index contributed by atoms with van der Waals surface area (Å²) < 4.78 is 0. The molecule has 0 radical (unpaired) electrons. The molecule has 0 amide bonds. The SMILES string of the molecule is CN(Cc1cc(Cl)nc(Cl)c1)C1CCCCCC1. The van der Waals surface area contributed by atoms with Crippen LogP contribution >= 0.6 is 23.2 Å². The van der Waals surface area contributed by atoms with Gasteiger partial charge in [0, 0.05) is 12.6 Å². The summed E-state index contributed by atoms with van der Waals surface area (Å²) in [6.07, 6.45) is 8.10. The molecule has 18 heavy (non-hydrogen) atoms. The van der Waals surface area contributed by atoms with Gasteiger partial charge in [0.25, 0.3) is 0 Å². The van der Waals surface area contributed by atoms with Gasteiger partial charge in [0.2, 0.25) is 0 Å². The van der Waals surface area contributed by atoms with Gasteiger partial charge in [-0.25, -0.2) is 4.98 Å². The number of hydrogen-bond acceptors (Lipinski definition) is 2. The van der Waals surface area contributed by atoms with E-state index in [4.69, 9.17) is 23.2 Å². The van der Waals surface area contributed by atoms with Crippen LogP contribution in [0.4, 0.5) is 0 Å². The highest BCUT2D eigenvalue weighted by Crippen LogP contribution is 2.23. The monoisotopic (exact) mass is 286 g/mol. The molecule has 0 spiro atoms. The van der Waals surface area contributed by atoms with Crippen molar-refractivity contribution in [2.45, 2.75) is 51.1 Å². The van der Waals surface area contributed by atoms with E-state index in [2.05, 4.69) is 16.9 Å². The van der Waals surface area contributed by atoms with Gasteiger partial charge in [-0.2, -0.15) is 0 Å². The van der Waals surface area contributed by atoms with Crippen LogP contribution in [0, 0.1) is 0 Å². The average Bonchev–Trinajstić information content (AvgIpc) is 2.55. The summed E-state index contributed by atoms with van der Waals surface area (Å²) in [5.74, 6) is 0. The first-order valence-electron chi connectivity index (χ1n) is 6.67. The van der Waals surface area contributed by atoms with Crippen LogP contribution in [0.5, 0.6) is 0 Å². The van der Waals surface area contributed by atoms with Gasteiger partial charge in [0.15, 0.2) is 0 Å². The van der Waals surface area contributed by atoms with Gasteiger partial charge in [0.05, 0.1) is 0 Å². The minimum Gasteiger partial charge on any atom is -0.299 e. The fourth-order valence-corrected chi connectivity index (χ4v) is 3.23. The Morgan fingerprint density at radius 1 is 1.11 bits per heavy atom. The van der Waals surface area contributed by atoms with Crippen molar-refractivity contribution in [3.05, 3.63) is 28.0 Å². The number of halogens is 2. The molecule has 1 aliphatic carbocycles. The highest BCUT2D eigenvalue weighted by Gasteiger charge is 2.17. The number of rotatable bonds is 3. The summed E-state index contributed by atoms with van der Waals surface area (Å²) in [5.41, 5.74) is 1.15. The quantitative estimate of drug-likeness (QED) is 0.599. The van der Waals surface area contributed by atoms with Gasteiger partial charge >= 0.3 is 0 Å².